The minimum Gasteiger partial charge on any atom is -0.478 e. The van der Waals surface area contributed by atoms with E-state index in [9.17, 15) is 19.1 Å². The van der Waals surface area contributed by atoms with Gasteiger partial charge < -0.3 is 10.4 Å². The molecule has 3 rings (SSSR count). The van der Waals surface area contributed by atoms with Gasteiger partial charge in [-0.25, -0.2) is 9.18 Å². The Labute approximate surface area is 173 Å². The summed E-state index contributed by atoms with van der Waals surface area (Å²) in [7, 11) is 0. The number of hydrogen-bond donors (Lipinski definition) is 2. The fourth-order valence-electron chi connectivity index (χ4n) is 2.46. The van der Waals surface area contributed by atoms with Crippen molar-refractivity contribution in [1.29, 1.82) is 0 Å². The number of halogens is 3. The zero-order chi connectivity index (χ0) is 20.3. The zero-order valence-corrected chi connectivity index (χ0v) is 16.4. The molecule has 0 radical (unpaired) electrons. The molecule has 0 spiro atoms. The van der Waals surface area contributed by atoms with Gasteiger partial charge in [-0.15, -0.1) is 11.3 Å². The van der Waals surface area contributed by atoms with Crippen LogP contribution in [0, 0.1) is 0 Å². The van der Waals surface area contributed by atoms with E-state index < -0.39 is 17.7 Å². The lowest BCUT2D eigenvalue weighted by atomic mass is 10.0. The lowest BCUT2D eigenvalue weighted by Gasteiger charge is -2.06. The Morgan fingerprint density at radius 2 is 1.75 bits per heavy atom. The molecular weight excluding hydrogens is 424 g/mol. The summed E-state index contributed by atoms with van der Waals surface area (Å²) < 4.78 is 14.3. The molecule has 0 aliphatic carbocycles. The molecule has 1 heterocycles. The average molecular weight is 436 g/mol. The normalized spacial score (nSPS) is 11.3. The maximum atomic E-state index is 14.3. The van der Waals surface area contributed by atoms with Crippen molar-refractivity contribution < 1.29 is 19.1 Å². The SMILES string of the molecule is O=C(Nc1scc(-c2ccc(Cl)cc2)c1C(=O)O)C(F)=Cc1ccccc1Cl. The van der Waals surface area contributed by atoms with Crippen LogP contribution < -0.4 is 5.32 Å². The van der Waals surface area contributed by atoms with Crippen LogP contribution in [-0.4, -0.2) is 17.0 Å². The molecule has 1 aromatic heterocycles. The first-order valence-corrected chi connectivity index (χ1v) is 9.54. The highest BCUT2D eigenvalue weighted by Crippen LogP contribution is 2.36. The Morgan fingerprint density at radius 3 is 2.39 bits per heavy atom. The van der Waals surface area contributed by atoms with Crippen molar-refractivity contribution >= 4 is 57.5 Å². The van der Waals surface area contributed by atoms with Crippen molar-refractivity contribution in [3.8, 4) is 11.1 Å². The van der Waals surface area contributed by atoms with Crippen molar-refractivity contribution in [3.63, 3.8) is 0 Å². The van der Waals surface area contributed by atoms with Crippen LogP contribution in [0.3, 0.4) is 0 Å². The molecule has 142 valence electrons. The van der Waals surface area contributed by atoms with Crippen LogP contribution in [-0.2, 0) is 4.79 Å². The average Bonchev–Trinajstić information content (AvgIpc) is 3.08. The number of aromatic carboxylic acids is 1. The molecule has 0 fully saturated rings. The number of nitrogens with one attached hydrogen (secondary N) is 1. The lowest BCUT2D eigenvalue weighted by Crippen LogP contribution is -2.13. The van der Waals surface area contributed by atoms with Gasteiger partial charge >= 0.3 is 5.97 Å². The van der Waals surface area contributed by atoms with E-state index in [1.807, 2.05) is 0 Å². The first kappa shape index (κ1) is 20.1. The van der Waals surface area contributed by atoms with E-state index in [-0.39, 0.29) is 15.6 Å². The third-order valence-corrected chi connectivity index (χ3v) is 5.28. The van der Waals surface area contributed by atoms with Crippen LogP contribution >= 0.6 is 34.5 Å². The second-order valence-electron chi connectivity index (χ2n) is 5.63. The summed E-state index contributed by atoms with van der Waals surface area (Å²) in [6, 6.07) is 13.1. The van der Waals surface area contributed by atoms with Crippen LogP contribution in [0.4, 0.5) is 9.39 Å². The summed E-state index contributed by atoms with van der Waals surface area (Å²) in [4.78, 5) is 23.9. The largest absolute Gasteiger partial charge is 0.478 e. The molecular formula is C20H12Cl2FNO3S. The highest BCUT2D eigenvalue weighted by atomic mass is 35.5. The molecule has 8 heteroatoms. The molecule has 0 bridgehead atoms. The molecule has 4 nitrogen and oxygen atoms in total. The van der Waals surface area contributed by atoms with Gasteiger partial charge in [0, 0.05) is 21.0 Å². The topological polar surface area (TPSA) is 66.4 Å². The van der Waals surface area contributed by atoms with Crippen LogP contribution in [0.1, 0.15) is 15.9 Å². The first-order valence-electron chi connectivity index (χ1n) is 7.90. The van der Waals surface area contributed by atoms with Gasteiger partial charge in [0.05, 0.1) is 0 Å². The van der Waals surface area contributed by atoms with E-state index in [1.54, 1.807) is 53.9 Å². The number of carbonyl (C=O) groups excluding carboxylic acids is 1. The molecule has 0 saturated carbocycles. The van der Waals surface area contributed by atoms with Crippen molar-refractivity contribution in [3.05, 3.63) is 80.9 Å². The number of amides is 1. The van der Waals surface area contributed by atoms with Crippen molar-refractivity contribution in [1.82, 2.24) is 0 Å². The molecule has 2 N–H and O–H groups in total. The number of thiophene rings is 1. The molecule has 3 aromatic rings. The first-order chi connectivity index (χ1) is 13.4. The van der Waals surface area contributed by atoms with Gasteiger partial charge in [0.2, 0.25) is 0 Å². The van der Waals surface area contributed by atoms with Gasteiger partial charge in [-0.2, -0.15) is 0 Å². The molecule has 28 heavy (non-hydrogen) atoms. The summed E-state index contributed by atoms with van der Waals surface area (Å²) in [6.45, 7) is 0. The van der Waals surface area contributed by atoms with Gasteiger partial charge in [0.25, 0.3) is 5.91 Å². The third-order valence-electron chi connectivity index (χ3n) is 3.79. The Bertz CT molecular complexity index is 1080. The van der Waals surface area contributed by atoms with Gasteiger partial charge in [0.1, 0.15) is 10.6 Å². The van der Waals surface area contributed by atoms with Crippen molar-refractivity contribution in [2.24, 2.45) is 0 Å². The standard InChI is InChI=1S/C20H12Cl2FNO3S/c21-13-7-5-11(6-8-13)14-10-28-19(17(14)20(26)27)24-18(25)16(23)9-12-3-1-2-4-15(12)22/h1-10H,(H,24,25)(H,26,27). The van der Waals surface area contributed by atoms with E-state index >= 15 is 0 Å². The molecule has 1 amide bonds. The number of anilines is 1. The Kier molecular flexibility index (Phi) is 6.14. The predicted octanol–water partition coefficient (Wildman–Crippen LogP) is 6.37. The summed E-state index contributed by atoms with van der Waals surface area (Å²) in [5.41, 5.74) is 1.24. The molecule has 0 unspecified atom stereocenters. The lowest BCUT2D eigenvalue weighted by molar-refractivity contribution is -0.114. The van der Waals surface area contributed by atoms with Crippen LogP contribution in [0.2, 0.25) is 10.0 Å². The van der Waals surface area contributed by atoms with Crippen LogP contribution in [0.15, 0.2) is 59.7 Å². The third kappa shape index (κ3) is 4.42. The monoisotopic (exact) mass is 435 g/mol. The maximum absolute atomic E-state index is 14.3. The van der Waals surface area contributed by atoms with E-state index in [1.165, 1.54) is 0 Å². The predicted molar refractivity (Wildman–Crippen MR) is 111 cm³/mol. The van der Waals surface area contributed by atoms with Crippen LogP contribution in [0.5, 0.6) is 0 Å². The van der Waals surface area contributed by atoms with E-state index in [4.69, 9.17) is 23.2 Å². The Morgan fingerprint density at radius 1 is 1.07 bits per heavy atom. The van der Waals surface area contributed by atoms with E-state index in [2.05, 4.69) is 5.32 Å². The quantitative estimate of drug-likeness (QED) is 0.457. The molecule has 0 saturated heterocycles. The number of hydrogen-bond acceptors (Lipinski definition) is 3. The fraction of sp³-hybridized carbons (Fsp3) is 0. The van der Waals surface area contributed by atoms with Gasteiger partial charge in [-0.05, 0) is 35.4 Å². The highest BCUT2D eigenvalue weighted by Gasteiger charge is 2.22. The smallest absolute Gasteiger partial charge is 0.339 e. The van der Waals surface area contributed by atoms with Gasteiger partial charge in [0.15, 0.2) is 5.83 Å². The number of rotatable bonds is 5. The number of carbonyl (C=O) groups is 2. The second-order valence-corrected chi connectivity index (χ2v) is 7.36. The molecule has 0 aliphatic rings. The number of benzene rings is 2. The summed E-state index contributed by atoms with van der Waals surface area (Å²) in [5, 5.41) is 14.3. The van der Waals surface area contributed by atoms with Gasteiger partial charge in [-0.1, -0.05) is 53.5 Å². The summed E-state index contributed by atoms with van der Waals surface area (Å²) >= 11 is 12.8. The van der Waals surface area contributed by atoms with E-state index in [0.717, 1.165) is 17.4 Å². The summed E-state index contributed by atoms with van der Waals surface area (Å²) in [5.74, 6) is -3.39. The Balaban J connectivity index is 1.90. The number of carboxylic acid groups (broad SMARTS) is 1. The van der Waals surface area contributed by atoms with Crippen molar-refractivity contribution in [2.75, 3.05) is 5.32 Å². The van der Waals surface area contributed by atoms with Gasteiger partial charge in [-0.3, -0.25) is 4.79 Å². The Hall–Kier alpha value is -2.67. The highest BCUT2D eigenvalue weighted by molar-refractivity contribution is 7.15. The number of carboxylic acids is 1. The van der Waals surface area contributed by atoms with Crippen molar-refractivity contribution in [2.45, 2.75) is 0 Å². The second kappa shape index (κ2) is 8.56. The molecule has 0 atom stereocenters. The molecule has 0 aliphatic heterocycles. The fourth-order valence-corrected chi connectivity index (χ4v) is 3.73. The molecule has 2 aromatic carbocycles. The maximum Gasteiger partial charge on any atom is 0.339 e. The van der Waals surface area contributed by atoms with E-state index in [0.29, 0.717) is 21.7 Å². The zero-order valence-electron chi connectivity index (χ0n) is 14.1. The van der Waals surface area contributed by atoms with Crippen LogP contribution in [0.25, 0.3) is 17.2 Å². The minimum atomic E-state index is -1.24. The minimum absolute atomic E-state index is 0.0326. The summed E-state index contributed by atoms with van der Waals surface area (Å²) in [6.07, 6.45) is 0.992.